The highest BCUT2D eigenvalue weighted by Crippen LogP contribution is 2.41. The van der Waals surface area contributed by atoms with Crippen molar-refractivity contribution in [3.05, 3.63) is 60.8 Å². The van der Waals surface area contributed by atoms with Gasteiger partial charge in [-0.15, -0.1) is 0 Å². The normalized spacial score (nSPS) is 13.4. The van der Waals surface area contributed by atoms with Gasteiger partial charge in [0.25, 0.3) is 0 Å². The standard InChI is InChI=1S/C21H21N3O2S/c1-26-19-10-6-5-9-17(19)23-20(25)14-27-21-22-13-18(24(21)16-11-12-16)15-7-3-2-4-8-15/h2-10,13,16H,11-12,14H2,1H3,(H,23,25). The molecule has 5 nitrogen and oxygen atoms in total. The van der Waals surface area contributed by atoms with E-state index in [1.807, 2.05) is 48.7 Å². The van der Waals surface area contributed by atoms with Gasteiger partial charge in [-0.3, -0.25) is 4.79 Å². The molecule has 1 aliphatic carbocycles. The van der Waals surface area contributed by atoms with Crippen LogP contribution in [0.1, 0.15) is 18.9 Å². The van der Waals surface area contributed by atoms with E-state index in [1.54, 1.807) is 7.11 Å². The topological polar surface area (TPSA) is 56.1 Å². The molecule has 138 valence electrons. The van der Waals surface area contributed by atoms with Gasteiger partial charge >= 0.3 is 0 Å². The maximum absolute atomic E-state index is 12.4. The fraction of sp³-hybridized carbons (Fsp3) is 0.238. The molecule has 1 heterocycles. The molecule has 1 amide bonds. The summed E-state index contributed by atoms with van der Waals surface area (Å²) in [6.45, 7) is 0. The SMILES string of the molecule is COc1ccccc1NC(=O)CSc1ncc(-c2ccccc2)n1C1CC1. The van der Waals surface area contributed by atoms with Crippen molar-refractivity contribution >= 4 is 23.4 Å². The van der Waals surface area contributed by atoms with E-state index in [4.69, 9.17) is 4.74 Å². The Labute approximate surface area is 162 Å². The second kappa shape index (κ2) is 7.88. The molecule has 0 bridgehead atoms. The molecule has 1 N–H and O–H groups in total. The van der Waals surface area contributed by atoms with Crippen LogP contribution >= 0.6 is 11.8 Å². The van der Waals surface area contributed by atoms with E-state index < -0.39 is 0 Å². The number of nitrogens with one attached hydrogen (secondary N) is 1. The predicted molar refractivity (Wildman–Crippen MR) is 108 cm³/mol. The van der Waals surface area contributed by atoms with E-state index in [9.17, 15) is 4.79 Å². The molecule has 4 rings (SSSR count). The zero-order valence-corrected chi connectivity index (χ0v) is 15.9. The minimum atomic E-state index is -0.0730. The number of ether oxygens (including phenoxy) is 1. The Kier molecular flexibility index (Phi) is 5.16. The number of anilines is 1. The number of amides is 1. The molecular weight excluding hydrogens is 358 g/mol. The Morgan fingerprint density at radius 1 is 1.19 bits per heavy atom. The summed E-state index contributed by atoms with van der Waals surface area (Å²) in [5.74, 6) is 0.883. The molecule has 1 aliphatic rings. The van der Waals surface area contributed by atoms with Gasteiger partial charge in [-0.2, -0.15) is 0 Å². The summed E-state index contributed by atoms with van der Waals surface area (Å²) in [5.41, 5.74) is 2.95. The molecule has 0 radical (unpaired) electrons. The van der Waals surface area contributed by atoms with Gasteiger partial charge in [-0.05, 0) is 30.5 Å². The van der Waals surface area contributed by atoms with Crippen LogP contribution in [-0.4, -0.2) is 28.3 Å². The summed E-state index contributed by atoms with van der Waals surface area (Å²) in [6, 6.07) is 18.2. The molecule has 2 aromatic carbocycles. The predicted octanol–water partition coefficient (Wildman–Crippen LogP) is 4.62. The lowest BCUT2D eigenvalue weighted by atomic mass is 10.2. The molecule has 0 unspecified atom stereocenters. The highest BCUT2D eigenvalue weighted by Gasteiger charge is 2.29. The maximum atomic E-state index is 12.4. The molecule has 1 saturated carbocycles. The third-order valence-corrected chi connectivity index (χ3v) is 5.42. The number of carbonyl (C=O) groups excluding carboxylic acids is 1. The Morgan fingerprint density at radius 2 is 1.93 bits per heavy atom. The first-order chi connectivity index (χ1) is 13.3. The van der Waals surface area contributed by atoms with Crippen molar-refractivity contribution in [2.24, 2.45) is 0 Å². The van der Waals surface area contributed by atoms with Crippen molar-refractivity contribution in [3.8, 4) is 17.0 Å². The average molecular weight is 379 g/mol. The van der Waals surface area contributed by atoms with E-state index in [0.717, 1.165) is 29.3 Å². The van der Waals surface area contributed by atoms with Crippen LogP contribution in [0.5, 0.6) is 5.75 Å². The van der Waals surface area contributed by atoms with Gasteiger partial charge < -0.3 is 14.6 Å². The van der Waals surface area contributed by atoms with Crippen LogP contribution in [0.25, 0.3) is 11.3 Å². The largest absolute Gasteiger partial charge is 0.495 e. The lowest BCUT2D eigenvalue weighted by Gasteiger charge is -2.12. The zero-order valence-electron chi connectivity index (χ0n) is 15.1. The zero-order chi connectivity index (χ0) is 18.6. The first-order valence-corrected chi connectivity index (χ1v) is 9.93. The van der Waals surface area contributed by atoms with Gasteiger partial charge in [-0.1, -0.05) is 54.2 Å². The molecule has 1 aromatic heterocycles. The van der Waals surface area contributed by atoms with Gasteiger partial charge in [0, 0.05) is 6.04 Å². The number of imidazole rings is 1. The minimum Gasteiger partial charge on any atom is -0.495 e. The lowest BCUT2D eigenvalue weighted by molar-refractivity contribution is -0.113. The number of methoxy groups -OCH3 is 1. The van der Waals surface area contributed by atoms with Crippen LogP contribution < -0.4 is 10.1 Å². The molecule has 0 saturated heterocycles. The maximum Gasteiger partial charge on any atom is 0.234 e. The summed E-state index contributed by atoms with van der Waals surface area (Å²) in [7, 11) is 1.59. The quantitative estimate of drug-likeness (QED) is 0.609. The number of thioether (sulfide) groups is 1. The second-order valence-electron chi connectivity index (χ2n) is 6.43. The molecule has 6 heteroatoms. The number of hydrogen-bond acceptors (Lipinski definition) is 4. The third kappa shape index (κ3) is 4.01. The number of para-hydroxylation sites is 2. The van der Waals surface area contributed by atoms with Crippen LogP contribution in [0.15, 0.2) is 66.0 Å². The highest BCUT2D eigenvalue weighted by molar-refractivity contribution is 7.99. The molecule has 0 atom stereocenters. The van der Waals surface area contributed by atoms with Crippen LogP contribution in [0.3, 0.4) is 0 Å². The summed E-state index contributed by atoms with van der Waals surface area (Å²) in [6.07, 6.45) is 4.24. The van der Waals surface area contributed by atoms with Crippen LogP contribution in [-0.2, 0) is 4.79 Å². The van der Waals surface area contributed by atoms with Gasteiger partial charge in [0.15, 0.2) is 5.16 Å². The van der Waals surface area contributed by atoms with Crippen molar-refractivity contribution in [1.82, 2.24) is 9.55 Å². The van der Waals surface area contributed by atoms with E-state index in [2.05, 4.69) is 27.0 Å². The summed E-state index contributed by atoms with van der Waals surface area (Å²) < 4.78 is 7.56. The first-order valence-electron chi connectivity index (χ1n) is 8.94. The minimum absolute atomic E-state index is 0.0730. The number of rotatable bonds is 7. The number of aromatic nitrogens is 2. The highest BCUT2D eigenvalue weighted by atomic mass is 32.2. The van der Waals surface area contributed by atoms with E-state index >= 15 is 0 Å². The Balaban J connectivity index is 1.47. The number of hydrogen-bond donors (Lipinski definition) is 1. The van der Waals surface area contributed by atoms with E-state index in [-0.39, 0.29) is 5.91 Å². The van der Waals surface area contributed by atoms with Crippen molar-refractivity contribution in [1.29, 1.82) is 0 Å². The Hall–Kier alpha value is -2.73. The van der Waals surface area contributed by atoms with Crippen LogP contribution in [0.4, 0.5) is 5.69 Å². The van der Waals surface area contributed by atoms with E-state index in [0.29, 0.717) is 23.2 Å². The third-order valence-electron chi connectivity index (χ3n) is 4.46. The van der Waals surface area contributed by atoms with Crippen molar-refractivity contribution < 1.29 is 9.53 Å². The molecular formula is C21H21N3O2S. The molecule has 3 aromatic rings. The lowest BCUT2D eigenvalue weighted by Crippen LogP contribution is -2.15. The van der Waals surface area contributed by atoms with E-state index in [1.165, 1.54) is 11.8 Å². The van der Waals surface area contributed by atoms with Crippen molar-refractivity contribution in [2.45, 2.75) is 24.0 Å². The number of carbonyl (C=O) groups is 1. The monoisotopic (exact) mass is 379 g/mol. The Morgan fingerprint density at radius 3 is 2.67 bits per heavy atom. The van der Waals surface area contributed by atoms with Crippen molar-refractivity contribution in [3.63, 3.8) is 0 Å². The molecule has 0 aliphatic heterocycles. The molecule has 1 fully saturated rings. The number of benzene rings is 2. The van der Waals surface area contributed by atoms with Crippen LogP contribution in [0, 0.1) is 0 Å². The summed E-state index contributed by atoms with van der Waals surface area (Å²) in [5, 5.41) is 3.81. The summed E-state index contributed by atoms with van der Waals surface area (Å²) in [4.78, 5) is 17.0. The fourth-order valence-corrected chi connectivity index (χ4v) is 3.87. The van der Waals surface area contributed by atoms with Gasteiger partial charge in [-0.25, -0.2) is 4.98 Å². The molecule has 27 heavy (non-hydrogen) atoms. The second-order valence-corrected chi connectivity index (χ2v) is 7.37. The summed E-state index contributed by atoms with van der Waals surface area (Å²) >= 11 is 1.47. The van der Waals surface area contributed by atoms with Crippen molar-refractivity contribution in [2.75, 3.05) is 18.2 Å². The smallest absolute Gasteiger partial charge is 0.234 e. The first kappa shape index (κ1) is 17.7. The molecule has 0 spiro atoms. The van der Waals surface area contributed by atoms with Gasteiger partial charge in [0.1, 0.15) is 5.75 Å². The van der Waals surface area contributed by atoms with Crippen LogP contribution in [0.2, 0.25) is 0 Å². The van der Waals surface area contributed by atoms with Gasteiger partial charge in [0.2, 0.25) is 5.91 Å². The number of nitrogens with zero attached hydrogens (tertiary/aromatic N) is 2. The Bertz CT molecular complexity index is 936. The fourth-order valence-electron chi connectivity index (χ4n) is 3.02. The average Bonchev–Trinajstić information content (AvgIpc) is 3.46. The van der Waals surface area contributed by atoms with Gasteiger partial charge in [0.05, 0.1) is 30.4 Å².